The summed E-state index contributed by atoms with van der Waals surface area (Å²) in [6, 6.07) is 7.41. The van der Waals surface area contributed by atoms with Crippen molar-refractivity contribution >= 4 is 23.7 Å². The van der Waals surface area contributed by atoms with Crippen LogP contribution >= 0.6 is 11.8 Å². The van der Waals surface area contributed by atoms with E-state index in [4.69, 9.17) is 4.74 Å². The molecule has 2 fully saturated rings. The number of rotatable bonds is 4. The first kappa shape index (κ1) is 14.3. The SMILES string of the molecule is Cc1ccc(OCCN2C(=O)N[C@@]3(CCSC3)C2=O)cc1. The lowest BCUT2D eigenvalue weighted by molar-refractivity contribution is -0.130. The number of thioether (sulfide) groups is 1. The summed E-state index contributed by atoms with van der Waals surface area (Å²) in [4.78, 5) is 25.6. The zero-order valence-electron chi connectivity index (χ0n) is 11.9. The molecule has 1 atom stereocenters. The highest BCUT2D eigenvalue weighted by molar-refractivity contribution is 7.99. The van der Waals surface area contributed by atoms with Crippen LogP contribution in [0.4, 0.5) is 4.79 Å². The minimum absolute atomic E-state index is 0.106. The lowest BCUT2D eigenvalue weighted by Crippen LogP contribution is -2.47. The molecule has 6 heteroatoms. The van der Waals surface area contributed by atoms with E-state index in [1.165, 1.54) is 4.90 Å². The van der Waals surface area contributed by atoms with Gasteiger partial charge in [0.1, 0.15) is 17.9 Å². The molecule has 0 aliphatic carbocycles. The topological polar surface area (TPSA) is 58.6 Å². The molecule has 2 saturated heterocycles. The predicted octanol–water partition coefficient (Wildman–Crippen LogP) is 1.80. The number of imide groups is 1. The average molecular weight is 306 g/mol. The van der Waals surface area contributed by atoms with Crippen LogP contribution in [0.2, 0.25) is 0 Å². The Hall–Kier alpha value is -1.69. The van der Waals surface area contributed by atoms with Crippen molar-refractivity contribution in [2.24, 2.45) is 0 Å². The molecule has 5 nitrogen and oxygen atoms in total. The highest BCUT2D eigenvalue weighted by Gasteiger charge is 2.52. The number of aryl methyl sites for hydroxylation is 1. The van der Waals surface area contributed by atoms with Gasteiger partial charge in [-0.2, -0.15) is 11.8 Å². The normalized spacial score (nSPS) is 24.7. The lowest BCUT2D eigenvalue weighted by Gasteiger charge is -2.19. The maximum Gasteiger partial charge on any atom is 0.325 e. The second kappa shape index (κ2) is 5.60. The molecule has 0 unspecified atom stereocenters. The van der Waals surface area contributed by atoms with Gasteiger partial charge >= 0.3 is 6.03 Å². The van der Waals surface area contributed by atoms with Crippen molar-refractivity contribution in [1.29, 1.82) is 0 Å². The molecule has 0 saturated carbocycles. The van der Waals surface area contributed by atoms with Gasteiger partial charge < -0.3 is 10.1 Å². The zero-order chi connectivity index (χ0) is 14.9. The molecule has 0 aromatic heterocycles. The van der Waals surface area contributed by atoms with Crippen LogP contribution in [-0.4, -0.2) is 47.0 Å². The van der Waals surface area contributed by atoms with E-state index in [0.29, 0.717) is 12.4 Å². The monoisotopic (exact) mass is 306 g/mol. The van der Waals surface area contributed by atoms with E-state index in [-0.39, 0.29) is 18.5 Å². The van der Waals surface area contributed by atoms with Crippen LogP contribution in [0.5, 0.6) is 5.75 Å². The van der Waals surface area contributed by atoms with Gasteiger partial charge in [-0.1, -0.05) is 17.7 Å². The van der Waals surface area contributed by atoms with Gasteiger partial charge in [-0.25, -0.2) is 4.79 Å². The van der Waals surface area contributed by atoms with Crippen molar-refractivity contribution in [2.45, 2.75) is 18.9 Å². The Morgan fingerprint density at radius 3 is 2.76 bits per heavy atom. The van der Waals surface area contributed by atoms with Gasteiger partial charge in [-0.05, 0) is 31.2 Å². The Morgan fingerprint density at radius 1 is 1.33 bits per heavy atom. The predicted molar refractivity (Wildman–Crippen MR) is 81.6 cm³/mol. The third kappa shape index (κ3) is 2.72. The molecule has 1 aromatic rings. The summed E-state index contributed by atoms with van der Waals surface area (Å²) in [7, 11) is 0. The Morgan fingerprint density at radius 2 is 2.10 bits per heavy atom. The fraction of sp³-hybridized carbons (Fsp3) is 0.467. The number of carbonyl (C=O) groups excluding carboxylic acids is 2. The number of hydrogen-bond acceptors (Lipinski definition) is 4. The van der Waals surface area contributed by atoms with Gasteiger partial charge in [0, 0.05) is 5.75 Å². The molecule has 2 aliphatic rings. The molecule has 1 spiro atoms. The van der Waals surface area contributed by atoms with Crippen LogP contribution in [0.25, 0.3) is 0 Å². The van der Waals surface area contributed by atoms with Crippen molar-refractivity contribution in [3.8, 4) is 5.75 Å². The average Bonchev–Trinajstić information content (AvgIpc) is 3.02. The van der Waals surface area contributed by atoms with Gasteiger partial charge in [0.05, 0.1) is 6.54 Å². The van der Waals surface area contributed by atoms with Gasteiger partial charge in [0.25, 0.3) is 5.91 Å². The van der Waals surface area contributed by atoms with E-state index in [0.717, 1.165) is 23.5 Å². The first-order chi connectivity index (χ1) is 10.1. The van der Waals surface area contributed by atoms with Gasteiger partial charge in [0.15, 0.2) is 0 Å². The number of amides is 3. The second-order valence-electron chi connectivity index (χ2n) is 5.43. The smallest absolute Gasteiger partial charge is 0.325 e. The minimum atomic E-state index is -0.661. The van der Waals surface area contributed by atoms with Gasteiger partial charge in [-0.15, -0.1) is 0 Å². The van der Waals surface area contributed by atoms with Crippen LogP contribution in [-0.2, 0) is 4.79 Å². The third-order valence-electron chi connectivity index (χ3n) is 3.87. The molecule has 1 aromatic carbocycles. The fourth-order valence-electron chi connectivity index (χ4n) is 2.60. The van der Waals surface area contributed by atoms with E-state index in [1.807, 2.05) is 31.2 Å². The van der Waals surface area contributed by atoms with Gasteiger partial charge in [-0.3, -0.25) is 9.69 Å². The highest BCUT2D eigenvalue weighted by Crippen LogP contribution is 2.33. The largest absolute Gasteiger partial charge is 0.492 e. The Balaban J connectivity index is 1.56. The van der Waals surface area contributed by atoms with E-state index in [2.05, 4.69) is 5.32 Å². The minimum Gasteiger partial charge on any atom is -0.492 e. The van der Waals surface area contributed by atoms with Gasteiger partial charge in [0.2, 0.25) is 0 Å². The second-order valence-corrected chi connectivity index (χ2v) is 6.54. The Bertz CT molecular complexity index is 553. The first-order valence-corrected chi connectivity index (χ1v) is 8.18. The van der Waals surface area contributed by atoms with Crippen molar-refractivity contribution in [3.05, 3.63) is 29.8 Å². The third-order valence-corrected chi connectivity index (χ3v) is 5.06. The molecule has 2 aliphatic heterocycles. The summed E-state index contributed by atoms with van der Waals surface area (Å²) >= 11 is 1.71. The lowest BCUT2D eigenvalue weighted by atomic mass is 9.99. The van der Waals surface area contributed by atoms with Crippen LogP contribution < -0.4 is 10.1 Å². The molecular formula is C15H18N2O3S. The molecule has 112 valence electrons. The van der Waals surface area contributed by atoms with Crippen molar-refractivity contribution in [2.75, 3.05) is 24.7 Å². The Labute approximate surface area is 128 Å². The molecule has 0 radical (unpaired) electrons. The number of nitrogens with one attached hydrogen (secondary N) is 1. The molecule has 0 bridgehead atoms. The van der Waals surface area contributed by atoms with Crippen LogP contribution in [0.3, 0.4) is 0 Å². The number of benzene rings is 1. The van der Waals surface area contributed by atoms with E-state index < -0.39 is 5.54 Å². The first-order valence-electron chi connectivity index (χ1n) is 7.02. The summed E-state index contributed by atoms with van der Waals surface area (Å²) < 4.78 is 5.59. The highest BCUT2D eigenvalue weighted by atomic mass is 32.2. The summed E-state index contributed by atoms with van der Waals surface area (Å²) in [5.41, 5.74) is 0.503. The maximum absolute atomic E-state index is 12.4. The summed E-state index contributed by atoms with van der Waals surface area (Å²) in [5.74, 6) is 2.23. The van der Waals surface area contributed by atoms with E-state index in [1.54, 1.807) is 11.8 Å². The number of ether oxygens (including phenoxy) is 1. The zero-order valence-corrected chi connectivity index (χ0v) is 12.7. The number of hydrogen-bond donors (Lipinski definition) is 1. The summed E-state index contributed by atoms with van der Waals surface area (Å²) in [6.07, 6.45) is 0.720. The van der Waals surface area contributed by atoms with E-state index in [9.17, 15) is 9.59 Å². The number of nitrogens with zero attached hydrogens (tertiary/aromatic N) is 1. The van der Waals surface area contributed by atoms with Crippen LogP contribution in [0.1, 0.15) is 12.0 Å². The molecular weight excluding hydrogens is 288 g/mol. The van der Waals surface area contributed by atoms with Crippen molar-refractivity contribution in [1.82, 2.24) is 10.2 Å². The Kier molecular flexibility index (Phi) is 3.80. The molecule has 3 rings (SSSR count). The van der Waals surface area contributed by atoms with Crippen molar-refractivity contribution in [3.63, 3.8) is 0 Å². The van der Waals surface area contributed by atoms with E-state index >= 15 is 0 Å². The van der Waals surface area contributed by atoms with Crippen LogP contribution in [0.15, 0.2) is 24.3 Å². The summed E-state index contributed by atoms with van der Waals surface area (Å²) in [5, 5.41) is 2.85. The molecule has 3 amide bonds. The molecule has 2 heterocycles. The summed E-state index contributed by atoms with van der Waals surface area (Å²) in [6.45, 7) is 2.60. The standard InChI is InChI=1S/C15H18N2O3S/c1-11-2-4-12(5-3-11)20-8-7-17-13(18)15(16-14(17)19)6-9-21-10-15/h2-5H,6-10H2,1H3,(H,16,19)/t15-/m1/s1. The molecule has 1 N–H and O–H groups in total. The maximum atomic E-state index is 12.4. The molecule has 21 heavy (non-hydrogen) atoms. The number of urea groups is 1. The quantitative estimate of drug-likeness (QED) is 0.862. The van der Waals surface area contributed by atoms with Crippen molar-refractivity contribution < 1.29 is 14.3 Å². The fourth-order valence-corrected chi connectivity index (χ4v) is 3.93. The number of carbonyl (C=O) groups is 2. The van der Waals surface area contributed by atoms with Crippen LogP contribution in [0, 0.1) is 6.92 Å².